The summed E-state index contributed by atoms with van der Waals surface area (Å²) < 4.78 is 6.40. The monoisotopic (exact) mass is 424 g/mol. The van der Waals surface area contributed by atoms with Gasteiger partial charge in [-0.3, -0.25) is 9.97 Å². The molecule has 0 atom stereocenters. The Morgan fingerprint density at radius 3 is 2.48 bits per heavy atom. The lowest BCUT2D eigenvalue weighted by atomic mass is 9.90. The highest BCUT2D eigenvalue weighted by molar-refractivity contribution is 6.04. The minimum Gasteiger partial charge on any atom is -0.456 e. The highest BCUT2D eigenvalue weighted by Gasteiger charge is 2.26. The Kier molecular flexibility index (Phi) is 3.97. The number of aromatic nitrogens is 2. The molecule has 0 unspecified atom stereocenters. The van der Waals surface area contributed by atoms with E-state index < -0.39 is 0 Å². The van der Waals surface area contributed by atoms with Gasteiger partial charge < -0.3 is 4.42 Å². The number of nitrogens with zero attached hydrogens (tertiary/aromatic N) is 2. The maximum Gasteiger partial charge on any atom is 0.140 e. The Hall–Kier alpha value is -4.24. The van der Waals surface area contributed by atoms with Gasteiger partial charge in [-0.15, -0.1) is 0 Å². The molecular weight excluding hydrogens is 404 g/mol. The molecule has 1 aliphatic rings. The lowest BCUT2D eigenvalue weighted by Gasteiger charge is -2.15. The van der Waals surface area contributed by atoms with Crippen LogP contribution in [-0.2, 0) is 12.8 Å². The number of furan rings is 1. The Morgan fingerprint density at radius 1 is 0.667 bits per heavy atom. The second-order valence-corrected chi connectivity index (χ2v) is 8.55. The molecule has 3 aromatic carbocycles. The Bertz CT molecular complexity index is 1660. The van der Waals surface area contributed by atoms with Crippen molar-refractivity contribution >= 4 is 21.7 Å². The van der Waals surface area contributed by atoms with Gasteiger partial charge in [0.05, 0.1) is 16.8 Å². The molecule has 0 radical (unpaired) electrons. The molecule has 6 aromatic rings. The molecule has 0 bridgehead atoms. The van der Waals surface area contributed by atoms with Crippen LogP contribution < -0.4 is 0 Å². The van der Waals surface area contributed by atoms with E-state index in [1.54, 1.807) is 0 Å². The molecule has 3 heteroatoms. The van der Waals surface area contributed by atoms with E-state index in [4.69, 9.17) is 9.40 Å². The van der Waals surface area contributed by atoms with Gasteiger partial charge in [0.15, 0.2) is 0 Å². The summed E-state index contributed by atoms with van der Waals surface area (Å²) in [5.74, 6) is 0.942. The van der Waals surface area contributed by atoms with Crippen LogP contribution in [0, 0.1) is 0 Å². The molecule has 3 aromatic heterocycles. The van der Waals surface area contributed by atoms with Crippen molar-refractivity contribution in [2.45, 2.75) is 12.8 Å². The molecule has 0 aliphatic heterocycles. The molecule has 0 saturated carbocycles. The number of rotatable bonds is 2. The summed E-state index contributed by atoms with van der Waals surface area (Å²) in [4.78, 5) is 9.45. The lowest BCUT2D eigenvalue weighted by molar-refractivity contribution is 0.619. The van der Waals surface area contributed by atoms with Crippen molar-refractivity contribution in [3.05, 3.63) is 109 Å². The van der Waals surface area contributed by atoms with Crippen molar-refractivity contribution in [3.63, 3.8) is 0 Å². The zero-order valence-corrected chi connectivity index (χ0v) is 18.0. The zero-order valence-electron chi connectivity index (χ0n) is 18.0. The van der Waals surface area contributed by atoms with Gasteiger partial charge in [-0.25, -0.2) is 0 Å². The Balaban J connectivity index is 1.52. The lowest BCUT2D eigenvalue weighted by Crippen LogP contribution is -2.04. The highest BCUT2D eigenvalue weighted by Crippen LogP contribution is 2.43. The predicted octanol–water partition coefficient (Wildman–Crippen LogP) is 7.48. The smallest absolute Gasteiger partial charge is 0.140 e. The van der Waals surface area contributed by atoms with Crippen molar-refractivity contribution in [3.8, 4) is 33.7 Å². The standard InChI is InChI=1S/C30H20N2O/c1-2-7-19(8-3-1)25-18-21(17-20-9-4-5-10-22(20)25)29-28-24-12-13-26-23(11-6-15-31-26)30(24)33-27(28)14-16-32-29/h1-11,14-18H,12-13H2. The second kappa shape index (κ2) is 7.14. The highest BCUT2D eigenvalue weighted by atomic mass is 16.3. The van der Waals surface area contributed by atoms with Gasteiger partial charge in [0.2, 0.25) is 0 Å². The maximum atomic E-state index is 6.40. The summed E-state index contributed by atoms with van der Waals surface area (Å²) in [5.41, 5.74) is 8.84. The van der Waals surface area contributed by atoms with E-state index in [-0.39, 0.29) is 0 Å². The number of hydrogen-bond acceptors (Lipinski definition) is 3. The molecule has 33 heavy (non-hydrogen) atoms. The number of benzene rings is 3. The van der Waals surface area contributed by atoms with Gasteiger partial charge in [0, 0.05) is 29.1 Å². The van der Waals surface area contributed by atoms with Crippen molar-refractivity contribution in [2.24, 2.45) is 0 Å². The quantitative estimate of drug-likeness (QED) is 0.289. The van der Waals surface area contributed by atoms with Crippen LogP contribution in [0.25, 0.3) is 55.4 Å². The first-order valence-corrected chi connectivity index (χ1v) is 11.3. The van der Waals surface area contributed by atoms with E-state index >= 15 is 0 Å². The largest absolute Gasteiger partial charge is 0.456 e. The van der Waals surface area contributed by atoms with Gasteiger partial charge >= 0.3 is 0 Å². The number of hydrogen-bond donors (Lipinski definition) is 0. The number of pyridine rings is 2. The first-order valence-electron chi connectivity index (χ1n) is 11.3. The summed E-state index contributed by atoms with van der Waals surface area (Å²) in [5, 5.41) is 3.57. The van der Waals surface area contributed by atoms with Crippen LogP contribution in [0.1, 0.15) is 11.3 Å². The van der Waals surface area contributed by atoms with Crippen LogP contribution in [0.3, 0.4) is 0 Å². The third kappa shape index (κ3) is 2.82. The van der Waals surface area contributed by atoms with Crippen molar-refractivity contribution in [1.82, 2.24) is 9.97 Å². The minimum absolute atomic E-state index is 0.885. The third-order valence-electron chi connectivity index (χ3n) is 6.67. The maximum absolute atomic E-state index is 6.40. The Morgan fingerprint density at radius 2 is 1.55 bits per heavy atom. The summed E-state index contributed by atoms with van der Waals surface area (Å²) in [6.07, 6.45) is 5.54. The molecule has 3 nitrogen and oxygen atoms in total. The van der Waals surface area contributed by atoms with Gasteiger partial charge in [-0.1, -0.05) is 54.6 Å². The summed E-state index contributed by atoms with van der Waals surface area (Å²) in [6.45, 7) is 0. The molecule has 0 fully saturated rings. The third-order valence-corrected chi connectivity index (χ3v) is 6.67. The molecule has 0 saturated heterocycles. The van der Waals surface area contributed by atoms with Crippen LogP contribution in [0.5, 0.6) is 0 Å². The number of fused-ring (bicyclic) bond motifs is 6. The van der Waals surface area contributed by atoms with Crippen LogP contribution >= 0.6 is 0 Å². The Labute approximate surface area is 191 Å². The SMILES string of the molecule is c1ccc(-c2cc(-c3nccc4oc5c(c34)CCc3ncccc3-5)cc3ccccc23)cc1. The van der Waals surface area contributed by atoms with E-state index in [1.807, 2.05) is 24.5 Å². The normalized spacial score (nSPS) is 12.6. The van der Waals surface area contributed by atoms with Crippen molar-refractivity contribution < 1.29 is 4.42 Å². The van der Waals surface area contributed by atoms with Gasteiger partial charge in [-0.2, -0.15) is 0 Å². The predicted molar refractivity (Wildman–Crippen MR) is 133 cm³/mol. The van der Waals surface area contributed by atoms with Gasteiger partial charge in [0.25, 0.3) is 0 Å². The molecule has 7 rings (SSSR count). The summed E-state index contributed by atoms with van der Waals surface area (Å²) in [6, 6.07) is 29.7. The molecule has 0 N–H and O–H groups in total. The van der Waals surface area contributed by atoms with E-state index in [2.05, 4.69) is 77.8 Å². The average molecular weight is 425 g/mol. The van der Waals surface area contributed by atoms with E-state index in [9.17, 15) is 0 Å². The van der Waals surface area contributed by atoms with Crippen LogP contribution in [0.15, 0.2) is 102 Å². The fourth-order valence-corrected chi connectivity index (χ4v) is 5.17. The fraction of sp³-hybridized carbons (Fsp3) is 0.0667. The molecule has 156 valence electrons. The van der Waals surface area contributed by atoms with Crippen LogP contribution in [0.4, 0.5) is 0 Å². The molecular formula is C30H20N2O. The van der Waals surface area contributed by atoms with Crippen molar-refractivity contribution in [2.75, 3.05) is 0 Å². The first-order chi connectivity index (χ1) is 16.4. The fourth-order valence-electron chi connectivity index (χ4n) is 5.17. The van der Waals surface area contributed by atoms with Gasteiger partial charge in [0.1, 0.15) is 11.3 Å². The summed E-state index contributed by atoms with van der Waals surface area (Å²) >= 11 is 0. The van der Waals surface area contributed by atoms with Crippen molar-refractivity contribution in [1.29, 1.82) is 0 Å². The molecule has 1 aliphatic carbocycles. The molecule has 3 heterocycles. The first kappa shape index (κ1) is 18.3. The summed E-state index contributed by atoms with van der Waals surface area (Å²) in [7, 11) is 0. The van der Waals surface area contributed by atoms with E-state index in [0.717, 1.165) is 52.1 Å². The number of aryl methyl sites for hydroxylation is 2. The van der Waals surface area contributed by atoms with E-state index in [0.29, 0.717) is 0 Å². The molecule has 0 spiro atoms. The van der Waals surface area contributed by atoms with Crippen LogP contribution in [-0.4, -0.2) is 9.97 Å². The topological polar surface area (TPSA) is 38.9 Å². The minimum atomic E-state index is 0.885. The molecule has 0 amide bonds. The average Bonchev–Trinajstić information content (AvgIpc) is 3.28. The van der Waals surface area contributed by atoms with E-state index in [1.165, 1.54) is 27.5 Å². The zero-order chi connectivity index (χ0) is 21.8. The van der Waals surface area contributed by atoms with Gasteiger partial charge in [-0.05, 0) is 65.1 Å². The van der Waals surface area contributed by atoms with Crippen LogP contribution in [0.2, 0.25) is 0 Å². The second-order valence-electron chi connectivity index (χ2n) is 8.55.